The van der Waals surface area contributed by atoms with Crippen molar-refractivity contribution in [2.24, 2.45) is 7.05 Å². The molecule has 102 valence electrons. The Labute approximate surface area is 130 Å². The molecule has 0 aliphatic rings. The first kappa shape index (κ1) is 13.5. The predicted octanol–water partition coefficient (Wildman–Crippen LogP) is 4.60. The maximum absolute atomic E-state index is 6.09. The maximum Gasteiger partial charge on any atom is 0.152 e. The standard InChI is InChI=1S/C15H13BrClN3/c1-20-9-10(12-4-2-3-5-14(12)20)7-18-13-6-11(16)8-19-15(13)17/h2-6,8-9,18H,7H2,1H3. The van der Waals surface area contributed by atoms with E-state index in [9.17, 15) is 0 Å². The quantitative estimate of drug-likeness (QED) is 0.700. The van der Waals surface area contributed by atoms with Gasteiger partial charge in [0.15, 0.2) is 5.15 Å². The monoisotopic (exact) mass is 349 g/mol. The molecule has 0 saturated carbocycles. The van der Waals surface area contributed by atoms with Crippen LogP contribution in [-0.2, 0) is 13.6 Å². The number of aryl methyl sites for hydroxylation is 1. The van der Waals surface area contributed by atoms with E-state index in [0.717, 1.165) is 10.2 Å². The van der Waals surface area contributed by atoms with E-state index in [1.165, 1.54) is 16.5 Å². The van der Waals surface area contributed by atoms with Crippen LogP contribution in [0.4, 0.5) is 5.69 Å². The minimum atomic E-state index is 0.480. The molecule has 0 aliphatic heterocycles. The fourth-order valence-corrected chi connectivity index (χ4v) is 2.80. The second-order valence-electron chi connectivity index (χ2n) is 4.63. The molecule has 5 heteroatoms. The maximum atomic E-state index is 6.09. The van der Waals surface area contributed by atoms with E-state index in [0.29, 0.717) is 11.7 Å². The van der Waals surface area contributed by atoms with Gasteiger partial charge >= 0.3 is 0 Å². The van der Waals surface area contributed by atoms with Crippen LogP contribution in [0.25, 0.3) is 10.9 Å². The highest BCUT2D eigenvalue weighted by Crippen LogP contribution is 2.25. The molecule has 3 aromatic rings. The minimum Gasteiger partial charge on any atom is -0.378 e. The van der Waals surface area contributed by atoms with Crippen molar-refractivity contribution >= 4 is 44.1 Å². The molecule has 0 atom stereocenters. The number of anilines is 1. The highest BCUT2D eigenvalue weighted by molar-refractivity contribution is 9.10. The highest BCUT2D eigenvalue weighted by atomic mass is 79.9. The summed E-state index contributed by atoms with van der Waals surface area (Å²) >= 11 is 9.49. The summed E-state index contributed by atoms with van der Waals surface area (Å²) in [5, 5.41) is 5.07. The van der Waals surface area contributed by atoms with Gasteiger partial charge in [-0.3, -0.25) is 0 Å². The number of fused-ring (bicyclic) bond motifs is 1. The molecule has 2 aromatic heterocycles. The number of aromatic nitrogens is 2. The normalized spacial score (nSPS) is 10.9. The van der Waals surface area contributed by atoms with Crippen LogP contribution in [0.15, 0.2) is 47.2 Å². The van der Waals surface area contributed by atoms with Crippen LogP contribution in [-0.4, -0.2) is 9.55 Å². The molecular weight excluding hydrogens is 338 g/mol. The summed E-state index contributed by atoms with van der Waals surface area (Å²) in [7, 11) is 2.06. The molecule has 0 bridgehead atoms. The van der Waals surface area contributed by atoms with E-state index in [-0.39, 0.29) is 0 Å². The van der Waals surface area contributed by atoms with Crippen LogP contribution in [0.3, 0.4) is 0 Å². The van der Waals surface area contributed by atoms with Gasteiger partial charge in [-0.15, -0.1) is 0 Å². The smallest absolute Gasteiger partial charge is 0.152 e. The number of halogens is 2. The van der Waals surface area contributed by atoms with E-state index >= 15 is 0 Å². The van der Waals surface area contributed by atoms with Gasteiger partial charge in [-0.2, -0.15) is 0 Å². The largest absolute Gasteiger partial charge is 0.378 e. The summed E-state index contributed by atoms with van der Waals surface area (Å²) in [6.45, 7) is 0.708. The average Bonchev–Trinajstić information content (AvgIpc) is 2.77. The van der Waals surface area contributed by atoms with E-state index < -0.39 is 0 Å². The second-order valence-corrected chi connectivity index (χ2v) is 5.90. The zero-order chi connectivity index (χ0) is 14.1. The first-order valence-corrected chi connectivity index (χ1v) is 7.40. The zero-order valence-corrected chi connectivity index (χ0v) is 13.2. The molecule has 3 nitrogen and oxygen atoms in total. The SMILES string of the molecule is Cn1cc(CNc2cc(Br)cnc2Cl)c2ccccc21. The molecule has 0 aliphatic carbocycles. The topological polar surface area (TPSA) is 29.9 Å². The van der Waals surface area contributed by atoms with Gasteiger partial charge < -0.3 is 9.88 Å². The highest BCUT2D eigenvalue weighted by Gasteiger charge is 2.07. The van der Waals surface area contributed by atoms with E-state index in [2.05, 4.69) is 68.3 Å². The number of rotatable bonds is 3. The molecule has 0 unspecified atom stereocenters. The Morgan fingerprint density at radius 3 is 3.00 bits per heavy atom. The molecule has 20 heavy (non-hydrogen) atoms. The van der Waals surface area contributed by atoms with Gasteiger partial charge in [0, 0.05) is 41.4 Å². The van der Waals surface area contributed by atoms with Gasteiger partial charge in [0.1, 0.15) is 0 Å². The number of nitrogens with zero attached hydrogens (tertiary/aromatic N) is 2. The number of hydrogen-bond acceptors (Lipinski definition) is 2. The fourth-order valence-electron chi connectivity index (χ4n) is 2.30. The van der Waals surface area contributed by atoms with Crippen molar-refractivity contribution in [3.05, 3.63) is 57.9 Å². The van der Waals surface area contributed by atoms with Crippen molar-refractivity contribution in [3.63, 3.8) is 0 Å². The third-order valence-electron chi connectivity index (χ3n) is 3.25. The van der Waals surface area contributed by atoms with Crippen LogP contribution in [0.1, 0.15) is 5.56 Å². The zero-order valence-electron chi connectivity index (χ0n) is 10.9. The lowest BCUT2D eigenvalue weighted by Gasteiger charge is -2.07. The Morgan fingerprint density at radius 2 is 2.15 bits per heavy atom. The van der Waals surface area contributed by atoms with Gasteiger partial charge in [-0.05, 0) is 33.6 Å². The van der Waals surface area contributed by atoms with E-state index in [4.69, 9.17) is 11.6 Å². The van der Waals surface area contributed by atoms with Crippen molar-refractivity contribution in [1.29, 1.82) is 0 Å². The van der Waals surface area contributed by atoms with Gasteiger partial charge in [-0.25, -0.2) is 4.98 Å². The van der Waals surface area contributed by atoms with E-state index in [1.807, 2.05) is 6.07 Å². The molecule has 0 radical (unpaired) electrons. The Morgan fingerprint density at radius 1 is 1.35 bits per heavy atom. The molecule has 2 heterocycles. The number of para-hydroxylation sites is 1. The molecule has 1 aromatic carbocycles. The van der Waals surface area contributed by atoms with Gasteiger partial charge in [0.25, 0.3) is 0 Å². The molecule has 0 fully saturated rings. The van der Waals surface area contributed by atoms with Crippen molar-refractivity contribution in [3.8, 4) is 0 Å². The van der Waals surface area contributed by atoms with Crippen LogP contribution in [0.5, 0.6) is 0 Å². The lowest BCUT2D eigenvalue weighted by molar-refractivity contribution is 0.955. The van der Waals surface area contributed by atoms with Crippen LogP contribution in [0, 0.1) is 0 Å². The fraction of sp³-hybridized carbons (Fsp3) is 0.133. The van der Waals surface area contributed by atoms with Gasteiger partial charge in [0.05, 0.1) is 5.69 Å². The first-order chi connectivity index (χ1) is 9.65. The molecule has 0 saturated heterocycles. The van der Waals surface area contributed by atoms with Crippen molar-refractivity contribution in [2.45, 2.75) is 6.54 Å². The Balaban J connectivity index is 1.89. The summed E-state index contributed by atoms with van der Waals surface area (Å²) in [6.07, 6.45) is 3.82. The van der Waals surface area contributed by atoms with Crippen LogP contribution < -0.4 is 5.32 Å². The summed E-state index contributed by atoms with van der Waals surface area (Å²) in [5.41, 5.74) is 3.29. The number of benzene rings is 1. The van der Waals surface area contributed by atoms with E-state index in [1.54, 1.807) is 6.20 Å². The van der Waals surface area contributed by atoms with Gasteiger partial charge in [-0.1, -0.05) is 29.8 Å². The average molecular weight is 351 g/mol. The molecule has 1 N–H and O–H groups in total. The van der Waals surface area contributed by atoms with Crippen LogP contribution >= 0.6 is 27.5 Å². The molecule has 3 rings (SSSR count). The lowest BCUT2D eigenvalue weighted by atomic mass is 10.2. The number of hydrogen-bond donors (Lipinski definition) is 1. The Hall–Kier alpha value is -1.52. The molecular formula is C15H13BrClN3. The van der Waals surface area contributed by atoms with Crippen molar-refractivity contribution in [2.75, 3.05) is 5.32 Å². The van der Waals surface area contributed by atoms with Gasteiger partial charge in [0.2, 0.25) is 0 Å². The summed E-state index contributed by atoms with van der Waals surface area (Å²) in [4.78, 5) is 4.11. The second kappa shape index (κ2) is 5.46. The Kier molecular flexibility index (Phi) is 3.68. The Bertz CT molecular complexity index is 767. The first-order valence-electron chi connectivity index (χ1n) is 6.23. The third kappa shape index (κ3) is 2.53. The predicted molar refractivity (Wildman–Crippen MR) is 87.2 cm³/mol. The third-order valence-corrected chi connectivity index (χ3v) is 3.99. The molecule has 0 spiro atoms. The number of pyridine rings is 1. The van der Waals surface area contributed by atoms with Crippen molar-refractivity contribution < 1.29 is 0 Å². The summed E-state index contributed by atoms with van der Waals surface area (Å²) in [5.74, 6) is 0. The number of nitrogens with one attached hydrogen (secondary N) is 1. The van der Waals surface area contributed by atoms with Crippen LogP contribution in [0.2, 0.25) is 5.15 Å². The lowest BCUT2D eigenvalue weighted by Crippen LogP contribution is -2.00. The van der Waals surface area contributed by atoms with Crippen molar-refractivity contribution in [1.82, 2.24) is 9.55 Å². The summed E-state index contributed by atoms with van der Waals surface area (Å²) in [6, 6.07) is 10.3. The summed E-state index contributed by atoms with van der Waals surface area (Å²) < 4.78 is 3.04. The minimum absolute atomic E-state index is 0.480. The molecule has 0 amide bonds.